The van der Waals surface area contributed by atoms with Gasteiger partial charge in [-0.1, -0.05) is 55.3 Å². The molecule has 30 heavy (non-hydrogen) atoms. The number of methoxy groups -OCH3 is 1. The summed E-state index contributed by atoms with van der Waals surface area (Å²) in [5.74, 6) is -0.613. The number of aliphatic hydroxyl groups is 1. The molecule has 0 saturated heterocycles. The van der Waals surface area contributed by atoms with Crippen LogP contribution in [0.1, 0.15) is 55.7 Å². The number of benzene rings is 2. The molecule has 3 rings (SSSR count). The lowest BCUT2D eigenvalue weighted by Crippen LogP contribution is -2.37. The monoisotopic (exact) mass is 411 g/mol. The molecule has 1 aliphatic rings. The van der Waals surface area contributed by atoms with E-state index in [0.717, 1.165) is 31.2 Å². The zero-order chi connectivity index (χ0) is 21.6. The van der Waals surface area contributed by atoms with Crippen LogP contribution >= 0.6 is 0 Å². The summed E-state index contributed by atoms with van der Waals surface area (Å²) in [6, 6.07) is 15.4. The molecule has 2 atom stereocenters. The van der Waals surface area contributed by atoms with Crippen LogP contribution in [0.5, 0.6) is 5.75 Å². The first-order valence-electron chi connectivity index (χ1n) is 10.3. The van der Waals surface area contributed by atoms with Gasteiger partial charge in [0.15, 0.2) is 6.04 Å². The van der Waals surface area contributed by atoms with Gasteiger partial charge in [0.2, 0.25) is 5.91 Å². The highest BCUT2D eigenvalue weighted by Crippen LogP contribution is 2.30. The normalized spacial score (nSPS) is 17.0. The highest BCUT2D eigenvalue weighted by atomic mass is 16.5. The minimum Gasteiger partial charge on any atom is -0.491 e. The lowest BCUT2D eigenvalue weighted by Gasteiger charge is -2.23. The van der Waals surface area contributed by atoms with Crippen LogP contribution in [0.15, 0.2) is 54.6 Å². The lowest BCUT2D eigenvalue weighted by atomic mass is 9.99. The van der Waals surface area contributed by atoms with Gasteiger partial charge in [0.05, 0.1) is 18.6 Å². The Bertz CT molecular complexity index is 844. The third-order valence-corrected chi connectivity index (χ3v) is 5.67. The van der Waals surface area contributed by atoms with Gasteiger partial charge in [0, 0.05) is 0 Å². The second-order valence-electron chi connectivity index (χ2n) is 7.89. The van der Waals surface area contributed by atoms with Crippen molar-refractivity contribution < 1.29 is 24.2 Å². The van der Waals surface area contributed by atoms with Crippen molar-refractivity contribution in [1.82, 2.24) is 5.32 Å². The number of amides is 1. The fourth-order valence-corrected chi connectivity index (χ4v) is 3.71. The first-order chi connectivity index (χ1) is 14.4. The average Bonchev–Trinajstić information content (AvgIpc) is 3.22. The Morgan fingerprint density at radius 2 is 1.67 bits per heavy atom. The van der Waals surface area contributed by atoms with Gasteiger partial charge < -0.3 is 19.9 Å². The molecule has 160 valence electrons. The molecule has 0 heterocycles. The maximum absolute atomic E-state index is 12.7. The average molecular weight is 411 g/mol. The molecule has 1 unspecified atom stereocenters. The quantitative estimate of drug-likeness (QED) is 0.650. The van der Waals surface area contributed by atoms with Crippen molar-refractivity contribution >= 4 is 11.9 Å². The minimum absolute atomic E-state index is 0.248. The van der Waals surface area contributed by atoms with E-state index >= 15 is 0 Å². The fraction of sp³-hybridized carbons (Fsp3) is 0.417. The van der Waals surface area contributed by atoms with E-state index in [1.807, 2.05) is 30.3 Å². The molecule has 0 aliphatic heterocycles. The Morgan fingerprint density at radius 3 is 2.27 bits per heavy atom. The summed E-state index contributed by atoms with van der Waals surface area (Å²) < 4.78 is 10.6. The number of carbonyl (C=O) groups is 2. The Hall–Kier alpha value is -2.86. The van der Waals surface area contributed by atoms with Crippen molar-refractivity contribution in [2.24, 2.45) is 0 Å². The molecule has 2 aromatic rings. The summed E-state index contributed by atoms with van der Waals surface area (Å²) in [6.07, 6.45) is 3.53. The molecule has 1 aliphatic carbocycles. The second-order valence-corrected chi connectivity index (χ2v) is 7.89. The van der Waals surface area contributed by atoms with Crippen molar-refractivity contribution in [3.8, 4) is 5.75 Å². The zero-order valence-electron chi connectivity index (χ0n) is 17.5. The van der Waals surface area contributed by atoms with Gasteiger partial charge in [-0.2, -0.15) is 0 Å². The van der Waals surface area contributed by atoms with Crippen LogP contribution in [0.3, 0.4) is 0 Å². The summed E-state index contributed by atoms with van der Waals surface area (Å²) >= 11 is 0. The maximum atomic E-state index is 12.7. The van der Waals surface area contributed by atoms with Crippen molar-refractivity contribution in [2.45, 2.75) is 50.2 Å². The van der Waals surface area contributed by atoms with Crippen LogP contribution in [0.25, 0.3) is 0 Å². The topological polar surface area (TPSA) is 84.9 Å². The Morgan fingerprint density at radius 1 is 1.03 bits per heavy atom. The molecular formula is C24H29NO5. The number of hydrogen-bond acceptors (Lipinski definition) is 5. The molecule has 6 nitrogen and oxygen atoms in total. The lowest BCUT2D eigenvalue weighted by molar-refractivity contribution is -0.145. The molecule has 1 saturated carbocycles. The Kier molecular flexibility index (Phi) is 7.11. The molecule has 6 heteroatoms. The summed E-state index contributed by atoms with van der Waals surface area (Å²) in [7, 11) is 1.29. The highest BCUT2D eigenvalue weighted by molar-refractivity contribution is 5.89. The number of hydrogen-bond donors (Lipinski definition) is 2. The molecule has 2 aromatic carbocycles. The predicted molar refractivity (Wildman–Crippen MR) is 113 cm³/mol. The number of esters is 1. The van der Waals surface area contributed by atoms with Crippen LogP contribution < -0.4 is 10.1 Å². The van der Waals surface area contributed by atoms with E-state index in [1.54, 1.807) is 31.2 Å². The van der Waals surface area contributed by atoms with Crippen LogP contribution in [0, 0.1) is 0 Å². The summed E-state index contributed by atoms with van der Waals surface area (Å²) in [6.45, 7) is 2.04. The van der Waals surface area contributed by atoms with Gasteiger partial charge in [-0.25, -0.2) is 4.79 Å². The van der Waals surface area contributed by atoms with Crippen LogP contribution in [-0.2, 0) is 14.3 Å². The van der Waals surface area contributed by atoms with Gasteiger partial charge in [-0.05, 0) is 43.0 Å². The second kappa shape index (κ2) is 9.76. The van der Waals surface area contributed by atoms with Crippen molar-refractivity contribution in [3.05, 3.63) is 65.7 Å². The summed E-state index contributed by atoms with van der Waals surface area (Å²) in [4.78, 5) is 25.1. The van der Waals surface area contributed by atoms with Gasteiger partial charge >= 0.3 is 5.97 Å². The van der Waals surface area contributed by atoms with E-state index in [4.69, 9.17) is 9.47 Å². The molecule has 0 spiro atoms. The van der Waals surface area contributed by atoms with Gasteiger partial charge in [-0.15, -0.1) is 0 Å². The molecule has 1 amide bonds. The molecule has 0 aromatic heterocycles. The molecule has 2 N–H and O–H groups in total. The van der Waals surface area contributed by atoms with Crippen molar-refractivity contribution in [3.63, 3.8) is 0 Å². The number of ether oxygens (including phenoxy) is 2. The van der Waals surface area contributed by atoms with Gasteiger partial charge in [0.25, 0.3) is 0 Å². The Balaban J connectivity index is 1.67. The first-order valence-corrected chi connectivity index (χ1v) is 10.3. The summed E-state index contributed by atoms with van der Waals surface area (Å²) in [5, 5.41) is 13.2. The van der Waals surface area contributed by atoms with E-state index < -0.39 is 23.5 Å². The maximum Gasteiger partial charge on any atom is 0.333 e. The molecule has 1 fully saturated rings. The Labute approximate surface area is 177 Å². The predicted octanol–water partition coefficient (Wildman–Crippen LogP) is 3.50. The highest BCUT2D eigenvalue weighted by Gasteiger charge is 2.32. The molecule has 0 radical (unpaired) electrons. The van der Waals surface area contributed by atoms with E-state index in [0.29, 0.717) is 11.3 Å². The zero-order valence-corrected chi connectivity index (χ0v) is 17.5. The minimum atomic E-state index is -0.915. The number of nitrogens with one attached hydrogen (secondary N) is 1. The van der Waals surface area contributed by atoms with Gasteiger partial charge in [0.1, 0.15) is 12.4 Å². The summed E-state index contributed by atoms with van der Waals surface area (Å²) in [5.41, 5.74) is 0.712. The molecule has 0 bridgehead atoms. The van der Waals surface area contributed by atoms with E-state index in [1.165, 1.54) is 7.11 Å². The van der Waals surface area contributed by atoms with E-state index in [2.05, 4.69) is 5.32 Å². The van der Waals surface area contributed by atoms with Crippen molar-refractivity contribution in [2.75, 3.05) is 13.7 Å². The first kappa shape index (κ1) is 21.8. The van der Waals surface area contributed by atoms with Crippen LogP contribution in [0.2, 0.25) is 0 Å². The largest absolute Gasteiger partial charge is 0.491 e. The van der Waals surface area contributed by atoms with E-state index in [9.17, 15) is 14.7 Å². The van der Waals surface area contributed by atoms with Crippen LogP contribution in [-0.4, -0.2) is 36.3 Å². The third-order valence-electron chi connectivity index (χ3n) is 5.67. The number of carbonyl (C=O) groups excluding carboxylic acids is 2. The fourth-order valence-electron chi connectivity index (χ4n) is 3.71. The SMILES string of the molecule is COC(=O)C(NC(=O)[C@@H](C)c1ccccc1)c1ccc(OCC2(O)CCCC2)cc1. The number of rotatable bonds is 8. The third kappa shape index (κ3) is 5.39. The smallest absolute Gasteiger partial charge is 0.333 e. The standard InChI is InChI=1S/C24H29NO5/c1-17(18-8-4-3-5-9-18)22(26)25-21(23(27)29-2)19-10-12-20(13-11-19)30-16-24(28)14-6-7-15-24/h3-5,8-13,17,21,28H,6-7,14-16H2,1-2H3,(H,25,26)/t17-,21?/m0/s1. The van der Waals surface area contributed by atoms with Crippen molar-refractivity contribution in [1.29, 1.82) is 0 Å². The molecular weight excluding hydrogens is 382 g/mol. The van der Waals surface area contributed by atoms with Gasteiger partial charge in [-0.3, -0.25) is 4.79 Å². The van der Waals surface area contributed by atoms with E-state index in [-0.39, 0.29) is 12.5 Å². The van der Waals surface area contributed by atoms with Crippen LogP contribution in [0.4, 0.5) is 0 Å².